The van der Waals surface area contributed by atoms with Gasteiger partial charge in [0.25, 0.3) is 0 Å². The number of rotatable bonds is 2. The molecule has 1 heterocycles. The highest BCUT2D eigenvalue weighted by Gasteiger charge is 2.05. The predicted molar refractivity (Wildman–Crippen MR) is 62.4 cm³/mol. The van der Waals surface area contributed by atoms with Crippen molar-refractivity contribution in [1.82, 2.24) is 4.98 Å². The summed E-state index contributed by atoms with van der Waals surface area (Å²) in [5.41, 5.74) is 2.99. The molecule has 0 bridgehead atoms. The zero-order valence-corrected chi connectivity index (χ0v) is 9.47. The molecule has 1 aromatic heterocycles. The molecule has 0 N–H and O–H groups in total. The Kier molecular flexibility index (Phi) is 2.64. The first-order valence-corrected chi connectivity index (χ1v) is 5.51. The van der Waals surface area contributed by atoms with Gasteiger partial charge in [-0.1, -0.05) is 12.1 Å². The van der Waals surface area contributed by atoms with Gasteiger partial charge in [-0.3, -0.25) is 4.79 Å². The van der Waals surface area contributed by atoms with E-state index >= 15 is 0 Å². The van der Waals surface area contributed by atoms with E-state index < -0.39 is 0 Å². The van der Waals surface area contributed by atoms with E-state index in [0.717, 1.165) is 32.9 Å². The van der Waals surface area contributed by atoms with Crippen LogP contribution < -0.4 is 0 Å². The van der Waals surface area contributed by atoms with E-state index in [9.17, 15) is 4.79 Å². The van der Waals surface area contributed by atoms with Gasteiger partial charge in [-0.25, -0.2) is 4.98 Å². The average molecular weight is 217 g/mol. The van der Waals surface area contributed by atoms with E-state index in [4.69, 9.17) is 0 Å². The fourth-order valence-electron chi connectivity index (χ4n) is 1.52. The van der Waals surface area contributed by atoms with Crippen LogP contribution in [0.25, 0.3) is 10.4 Å². The van der Waals surface area contributed by atoms with Crippen molar-refractivity contribution >= 4 is 17.6 Å². The van der Waals surface area contributed by atoms with Crippen LogP contribution in [-0.2, 0) is 0 Å². The first kappa shape index (κ1) is 10.1. The molecule has 0 aliphatic carbocycles. The molecule has 2 aromatic rings. The van der Waals surface area contributed by atoms with E-state index in [2.05, 4.69) is 4.98 Å². The molecule has 1 aromatic carbocycles. The van der Waals surface area contributed by atoms with E-state index in [1.165, 1.54) is 0 Å². The number of carbonyl (C=O) groups is 1. The standard InChI is InChI=1S/C12H11NOS/c1-8-5-10(7-14)3-4-11(8)12-6-13-9(2)15-12/h3-7H,1-2H3. The Labute approximate surface area is 92.6 Å². The SMILES string of the molecule is Cc1ncc(-c2ccc(C=O)cc2C)s1. The number of thiazole rings is 1. The van der Waals surface area contributed by atoms with Crippen molar-refractivity contribution in [3.05, 3.63) is 40.5 Å². The van der Waals surface area contributed by atoms with E-state index in [1.54, 1.807) is 11.3 Å². The van der Waals surface area contributed by atoms with Gasteiger partial charge in [0.15, 0.2) is 0 Å². The van der Waals surface area contributed by atoms with Crippen molar-refractivity contribution in [2.24, 2.45) is 0 Å². The maximum absolute atomic E-state index is 10.6. The minimum atomic E-state index is 0.720. The molecule has 0 fully saturated rings. The summed E-state index contributed by atoms with van der Waals surface area (Å²) in [5.74, 6) is 0. The summed E-state index contributed by atoms with van der Waals surface area (Å²) in [4.78, 5) is 16.0. The number of hydrogen-bond acceptors (Lipinski definition) is 3. The molecular weight excluding hydrogens is 206 g/mol. The maximum Gasteiger partial charge on any atom is 0.150 e. The van der Waals surface area contributed by atoms with Gasteiger partial charge < -0.3 is 0 Å². The third-order valence-electron chi connectivity index (χ3n) is 2.27. The smallest absolute Gasteiger partial charge is 0.150 e. The fourth-order valence-corrected chi connectivity index (χ4v) is 2.39. The summed E-state index contributed by atoms with van der Waals surface area (Å²) in [6.45, 7) is 4.00. The number of aryl methyl sites for hydroxylation is 2. The largest absolute Gasteiger partial charge is 0.298 e. The lowest BCUT2D eigenvalue weighted by Gasteiger charge is -2.02. The highest BCUT2D eigenvalue weighted by molar-refractivity contribution is 7.15. The first-order valence-electron chi connectivity index (χ1n) is 4.69. The lowest BCUT2D eigenvalue weighted by molar-refractivity contribution is 0.112. The molecule has 0 aliphatic heterocycles. The lowest BCUT2D eigenvalue weighted by atomic mass is 10.1. The van der Waals surface area contributed by atoms with Crippen molar-refractivity contribution in [3.63, 3.8) is 0 Å². The van der Waals surface area contributed by atoms with Crippen LogP contribution in [0.5, 0.6) is 0 Å². The molecular formula is C12H11NOS. The molecule has 0 atom stereocenters. The van der Waals surface area contributed by atoms with Gasteiger partial charge in [-0.15, -0.1) is 11.3 Å². The molecule has 15 heavy (non-hydrogen) atoms. The Morgan fingerprint density at radius 1 is 1.33 bits per heavy atom. The topological polar surface area (TPSA) is 30.0 Å². The fraction of sp³-hybridized carbons (Fsp3) is 0.167. The van der Waals surface area contributed by atoms with Crippen molar-refractivity contribution < 1.29 is 4.79 Å². The summed E-state index contributed by atoms with van der Waals surface area (Å²) in [6, 6.07) is 5.72. The number of carbonyl (C=O) groups excluding carboxylic acids is 1. The third kappa shape index (κ3) is 1.97. The number of aldehydes is 1. The third-order valence-corrected chi connectivity index (χ3v) is 3.22. The molecule has 3 heteroatoms. The monoisotopic (exact) mass is 217 g/mol. The summed E-state index contributed by atoms with van der Waals surface area (Å²) in [5, 5.41) is 1.06. The molecule has 0 amide bonds. The van der Waals surface area contributed by atoms with Crippen LogP contribution in [0.2, 0.25) is 0 Å². The van der Waals surface area contributed by atoms with Gasteiger partial charge in [-0.2, -0.15) is 0 Å². The van der Waals surface area contributed by atoms with Crippen LogP contribution in [0.3, 0.4) is 0 Å². The molecule has 0 unspecified atom stereocenters. The van der Waals surface area contributed by atoms with Crippen molar-refractivity contribution in [2.45, 2.75) is 13.8 Å². The number of aromatic nitrogens is 1. The molecule has 76 valence electrons. The quantitative estimate of drug-likeness (QED) is 0.723. The zero-order valence-electron chi connectivity index (χ0n) is 8.65. The van der Waals surface area contributed by atoms with Crippen LogP contribution in [0.1, 0.15) is 20.9 Å². The van der Waals surface area contributed by atoms with Gasteiger partial charge >= 0.3 is 0 Å². The van der Waals surface area contributed by atoms with Gasteiger partial charge in [0.05, 0.1) is 9.88 Å². The zero-order chi connectivity index (χ0) is 10.8. The molecule has 0 radical (unpaired) electrons. The minimum Gasteiger partial charge on any atom is -0.298 e. The summed E-state index contributed by atoms with van der Waals surface area (Å²) in [7, 11) is 0. The number of hydrogen-bond donors (Lipinski definition) is 0. The Morgan fingerprint density at radius 3 is 2.67 bits per heavy atom. The second-order valence-electron chi connectivity index (χ2n) is 3.44. The Morgan fingerprint density at radius 2 is 2.13 bits per heavy atom. The first-order chi connectivity index (χ1) is 7.20. The second-order valence-corrected chi connectivity index (χ2v) is 4.67. The highest BCUT2D eigenvalue weighted by Crippen LogP contribution is 2.28. The Balaban J connectivity index is 2.49. The van der Waals surface area contributed by atoms with Crippen LogP contribution in [-0.4, -0.2) is 11.3 Å². The normalized spacial score (nSPS) is 10.3. The summed E-state index contributed by atoms with van der Waals surface area (Å²) >= 11 is 1.67. The average Bonchev–Trinajstić information content (AvgIpc) is 2.64. The van der Waals surface area contributed by atoms with Gasteiger partial charge in [0, 0.05) is 11.8 Å². The van der Waals surface area contributed by atoms with Gasteiger partial charge in [0.1, 0.15) is 6.29 Å². The van der Waals surface area contributed by atoms with Crippen LogP contribution in [0, 0.1) is 13.8 Å². The van der Waals surface area contributed by atoms with E-state index in [1.807, 2.05) is 38.2 Å². The predicted octanol–water partition coefficient (Wildman–Crippen LogP) is 3.24. The second kappa shape index (κ2) is 3.95. The van der Waals surface area contributed by atoms with Crippen LogP contribution in [0.15, 0.2) is 24.4 Å². The molecule has 2 nitrogen and oxygen atoms in total. The van der Waals surface area contributed by atoms with Crippen molar-refractivity contribution in [2.75, 3.05) is 0 Å². The summed E-state index contributed by atoms with van der Waals surface area (Å²) in [6.07, 6.45) is 2.75. The number of nitrogens with zero attached hydrogens (tertiary/aromatic N) is 1. The van der Waals surface area contributed by atoms with Crippen molar-refractivity contribution in [1.29, 1.82) is 0 Å². The Hall–Kier alpha value is -1.48. The van der Waals surface area contributed by atoms with Gasteiger partial charge in [0.2, 0.25) is 0 Å². The number of benzene rings is 1. The molecule has 0 aliphatic rings. The van der Waals surface area contributed by atoms with E-state index in [0.29, 0.717) is 0 Å². The van der Waals surface area contributed by atoms with Crippen molar-refractivity contribution in [3.8, 4) is 10.4 Å². The maximum atomic E-state index is 10.6. The minimum absolute atomic E-state index is 0.720. The lowest BCUT2D eigenvalue weighted by Crippen LogP contribution is -1.84. The Bertz CT molecular complexity index is 502. The molecule has 0 saturated heterocycles. The highest BCUT2D eigenvalue weighted by atomic mass is 32.1. The molecule has 0 spiro atoms. The van der Waals surface area contributed by atoms with Gasteiger partial charge in [-0.05, 0) is 31.0 Å². The van der Waals surface area contributed by atoms with Crippen LogP contribution >= 0.6 is 11.3 Å². The van der Waals surface area contributed by atoms with Crippen LogP contribution in [0.4, 0.5) is 0 Å². The molecule has 0 saturated carbocycles. The van der Waals surface area contributed by atoms with E-state index in [-0.39, 0.29) is 0 Å². The summed E-state index contributed by atoms with van der Waals surface area (Å²) < 4.78 is 0. The molecule has 2 rings (SSSR count).